The molecule has 0 aliphatic heterocycles. The molecule has 0 aromatic heterocycles. The van der Waals surface area contributed by atoms with Gasteiger partial charge in [-0.2, -0.15) is 0 Å². The molecule has 0 saturated carbocycles. The fourth-order valence-corrected chi connectivity index (χ4v) is 3.16. The third kappa shape index (κ3) is 6.38. The maximum atomic E-state index is 11.8. The largest absolute Gasteiger partial charge is 0.337 e. The van der Waals surface area contributed by atoms with Gasteiger partial charge in [0.2, 0.25) is 15.9 Å². The molecular weight excluding hydrogens is 427 g/mol. The highest BCUT2D eigenvalue weighted by Crippen LogP contribution is 2.24. The fraction of sp³-hybridized carbons (Fsp3) is 0.176. The smallest absolute Gasteiger partial charge is 0.307 e. The molecule has 0 unspecified atom stereocenters. The van der Waals surface area contributed by atoms with E-state index in [4.69, 9.17) is 23.2 Å². The standard InChI is InChI=1S/C17H18Cl2N4O4S/c1-20-28(26,27)13-6-2-11(3-7-13)4-9-16(24)22-23-17(25)21-12-5-8-14(18)15(19)10-12/h2-3,5-8,10,20H,4,9H2,1H3,(H,22,24)(H2,21,23,25). The van der Waals surface area contributed by atoms with E-state index < -0.39 is 22.0 Å². The number of urea groups is 1. The molecule has 11 heteroatoms. The molecule has 0 fully saturated rings. The number of aryl methyl sites for hydroxylation is 1. The van der Waals surface area contributed by atoms with Gasteiger partial charge in [-0.25, -0.2) is 23.4 Å². The third-order valence-electron chi connectivity index (χ3n) is 3.64. The molecule has 3 amide bonds. The van der Waals surface area contributed by atoms with E-state index in [0.29, 0.717) is 17.1 Å². The van der Waals surface area contributed by atoms with Gasteiger partial charge in [-0.1, -0.05) is 35.3 Å². The van der Waals surface area contributed by atoms with Crippen molar-refractivity contribution >= 4 is 50.9 Å². The van der Waals surface area contributed by atoms with Crippen LogP contribution in [0, 0.1) is 0 Å². The van der Waals surface area contributed by atoms with Crippen molar-refractivity contribution in [1.29, 1.82) is 0 Å². The van der Waals surface area contributed by atoms with E-state index in [2.05, 4.69) is 20.9 Å². The maximum Gasteiger partial charge on any atom is 0.337 e. The number of hydrogen-bond acceptors (Lipinski definition) is 4. The highest BCUT2D eigenvalue weighted by atomic mass is 35.5. The second-order valence-corrected chi connectivity index (χ2v) is 8.31. The second-order valence-electron chi connectivity index (χ2n) is 5.61. The zero-order valence-electron chi connectivity index (χ0n) is 14.8. The minimum absolute atomic E-state index is 0.102. The van der Waals surface area contributed by atoms with Crippen LogP contribution in [0.1, 0.15) is 12.0 Å². The van der Waals surface area contributed by atoms with Crippen LogP contribution in [-0.2, 0) is 21.2 Å². The summed E-state index contributed by atoms with van der Waals surface area (Å²) in [6, 6.07) is 10.1. The number of sulfonamides is 1. The Hall–Kier alpha value is -2.33. The highest BCUT2D eigenvalue weighted by Gasteiger charge is 2.11. The molecule has 0 bridgehead atoms. The van der Waals surface area contributed by atoms with Gasteiger partial charge < -0.3 is 5.32 Å². The van der Waals surface area contributed by atoms with Crippen LogP contribution in [0.4, 0.5) is 10.5 Å². The molecule has 0 heterocycles. The topological polar surface area (TPSA) is 116 Å². The number of halogens is 2. The predicted molar refractivity (Wildman–Crippen MR) is 108 cm³/mol. The van der Waals surface area contributed by atoms with Crippen molar-refractivity contribution in [3.8, 4) is 0 Å². The Morgan fingerprint density at radius 3 is 2.25 bits per heavy atom. The molecule has 0 radical (unpaired) electrons. The summed E-state index contributed by atoms with van der Waals surface area (Å²) in [5.41, 5.74) is 5.70. The Kier molecular flexibility index (Phi) is 7.64. The Labute approximate surface area is 172 Å². The number of anilines is 1. The number of benzene rings is 2. The number of nitrogens with one attached hydrogen (secondary N) is 4. The minimum Gasteiger partial charge on any atom is -0.307 e. The average Bonchev–Trinajstić information content (AvgIpc) is 2.68. The van der Waals surface area contributed by atoms with Gasteiger partial charge in [0.25, 0.3) is 0 Å². The zero-order valence-corrected chi connectivity index (χ0v) is 17.1. The lowest BCUT2D eigenvalue weighted by Crippen LogP contribution is -2.44. The molecule has 0 saturated heterocycles. The summed E-state index contributed by atoms with van der Waals surface area (Å²) in [5, 5.41) is 3.14. The van der Waals surface area contributed by atoms with Crippen LogP contribution in [0.3, 0.4) is 0 Å². The minimum atomic E-state index is -3.49. The second kappa shape index (κ2) is 9.74. The summed E-state index contributed by atoms with van der Waals surface area (Å²) >= 11 is 11.7. The Bertz CT molecular complexity index is 966. The monoisotopic (exact) mass is 444 g/mol. The summed E-state index contributed by atoms with van der Waals surface area (Å²) in [4.78, 5) is 23.8. The van der Waals surface area contributed by atoms with Gasteiger partial charge in [0.15, 0.2) is 0 Å². The van der Waals surface area contributed by atoms with Gasteiger partial charge in [0, 0.05) is 12.1 Å². The summed E-state index contributed by atoms with van der Waals surface area (Å²) in [6.45, 7) is 0. The van der Waals surface area contributed by atoms with Gasteiger partial charge in [0.05, 0.1) is 14.9 Å². The average molecular weight is 445 g/mol. The van der Waals surface area contributed by atoms with E-state index in [1.165, 1.54) is 31.3 Å². The molecule has 0 aliphatic rings. The van der Waals surface area contributed by atoms with Crippen molar-refractivity contribution in [2.75, 3.05) is 12.4 Å². The first-order chi connectivity index (χ1) is 13.2. The van der Waals surface area contributed by atoms with Crippen molar-refractivity contribution in [3.05, 3.63) is 58.1 Å². The molecule has 0 atom stereocenters. The highest BCUT2D eigenvalue weighted by molar-refractivity contribution is 7.89. The molecule has 28 heavy (non-hydrogen) atoms. The van der Waals surface area contributed by atoms with Crippen LogP contribution in [0.5, 0.6) is 0 Å². The normalized spacial score (nSPS) is 11.0. The number of hydrogen-bond donors (Lipinski definition) is 4. The van der Waals surface area contributed by atoms with E-state index in [-0.39, 0.29) is 16.3 Å². The summed E-state index contributed by atoms with van der Waals surface area (Å²) in [5.74, 6) is -0.406. The van der Waals surface area contributed by atoms with Crippen LogP contribution >= 0.6 is 23.2 Å². The van der Waals surface area contributed by atoms with E-state index in [1.807, 2.05) is 0 Å². The Balaban J connectivity index is 1.77. The number of amides is 3. The molecule has 0 spiro atoms. The zero-order chi connectivity index (χ0) is 20.7. The van der Waals surface area contributed by atoms with E-state index in [1.54, 1.807) is 18.2 Å². The van der Waals surface area contributed by atoms with Gasteiger partial charge in [-0.05, 0) is 49.4 Å². The lowest BCUT2D eigenvalue weighted by Gasteiger charge is -2.10. The number of hydrazine groups is 1. The Morgan fingerprint density at radius 2 is 1.64 bits per heavy atom. The van der Waals surface area contributed by atoms with Crippen LogP contribution in [0.25, 0.3) is 0 Å². The van der Waals surface area contributed by atoms with E-state index in [9.17, 15) is 18.0 Å². The number of carbonyl (C=O) groups excluding carboxylic acids is 2. The molecule has 150 valence electrons. The molecule has 4 N–H and O–H groups in total. The van der Waals surface area contributed by atoms with Crippen molar-refractivity contribution in [1.82, 2.24) is 15.6 Å². The van der Waals surface area contributed by atoms with Gasteiger partial charge >= 0.3 is 6.03 Å². The van der Waals surface area contributed by atoms with Crippen molar-refractivity contribution in [2.24, 2.45) is 0 Å². The van der Waals surface area contributed by atoms with Crippen molar-refractivity contribution in [2.45, 2.75) is 17.7 Å². The lowest BCUT2D eigenvalue weighted by molar-refractivity contribution is -0.121. The summed E-state index contributed by atoms with van der Waals surface area (Å²) in [7, 11) is -2.16. The van der Waals surface area contributed by atoms with Crippen molar-refractivity contribution in [3.63, 3.8) is 0 Å². The fourth-order valence-electron chi connectivity index (χ4n) is 2.14. The van der Waals surface area contributed by atoms with Crippen LogP contribution in [-0.4, -0.2) is 27.4 Å². The van der Waals surface area contributed by atoms with Gasteiger partial charge in [-0.3, -0.25) is 10.2 Å². The first-order valence-corrected chi connectivity index (χ1v) is 10.3. The number of rotatable bonds is 6. The van der Waals surface area contributed by atoms with Crippen molar-refractivity contribution < 1.29 is 18.0 Å². The van der Waals surface area contributed by atoms with Crippen LogP contribution in [0.15, 0.2) is 47.4 Å². The maximum absolute atomic E-state index is 11.8. The first-order valence-electron chi connectivity index (χ1n) is 8.04. The molecular formula is C17H18Cl2N4O4S. The lowest BCUT2D eigenvalue weighted by atomic mass is 10.1. The first kappa shape index (κ1) is 22.0. The Morgan fingerprint density at radius 1 is 0.964 bits per heavy atom. The number of carbonyl (C=O) groups is 2. The molecule has 2 aromatic carbocycles. The quantitative estimate of drug-likeness (QED) is 0.512. The predicted octanol–water partition coefficient (Wildman–Crippen LogP) is 2.69. The SMILES string of the molecule is CNS(=O)(=O)c1ccc(CCC(=O)NNC(=O)Nc2ccc(Cl)c(Cl)c2)cc1. The van der Waals surface area contributed by atoms with E-state index >= 15 is 0 Å². The third-order valence-corrected chi connectivity index (χ3v) is 5.81. The molecule has 8 nitrogen and oxygen atoms in total. The van der Waals surface area contributed by atoms with Gasteiger partial charge in [0.1, 0.15) is 0 Å². The molecule has 2 aromatic rings. The van der Waals surface area contributed by atoms with E-state index in [0.717, 1.165) is 5.56 Å². The van der Waals surface area contributed by atoms with Gasteiger partial charge in [-0.15, -0.1) is 0 Å². The molecule has 2 rings (SSSR count). The van der Waals surface area contributed by atoms with Crippen LogP contribution in [0.2, 0.25) is 10.0 Å². The summed E-state index contributed by atoms with van der Waals surface area (Å²) < 4.78 is 25.5. The summed E-state index contributed by atoms with van der Waals surface area (Å²) in [6.07, 6.45) is 0.479. The molecule has 0 aliphatic carbocycles. The van der Waals surface area contributed by atoms with Crippen LogP contribution < -0.4 is 20.9 Å².